The van der Waals surface area contributed by atoms with Gasteiger partial charge in [0.05, 0.1) is 19.1 Å². The van der Waals surface area contributed by atoms with Crippen LogP contribution in [0, 0.1) is 17.8 Å². The highest BCUT2D eigenvalue weighted by Gasteiger charge is 2.45. The molecule has 0 spiro atoms. The van der Waals surface area contributed by atoms with Crippen LogP contribution in [-0.4, -0.2) is 32.3 Å². The van der Waals surface area contributed by atoms with E-state index < -0.39 is 36.1 Å². The summed E-state index contributed by atoms with van der Waals surface area (Å²) in [5.74, 6) is -4.50. The van der Waals surface area contributed by atoms with Gasteiger partial charge in [0.15, 0.2) is 17.9 Å². The molecule has 0 amide bonds. The van der Waals surface area contributed by atoms with E-state index in [0.717, 1.165) is 0 Å². The zero-order valence-corrected chi connectivity index (χ0v) is 15.2. The van der Waals surface area contributed by atoms with Gasteiger partial charge in [0.1, 0.15) is 12.4 Å². The number of halogens is 5. The van der Waals surface area contributed by atoms with Gasteiger partial charge in [0.2, 0.25) is 0 Å². The summed E-state index contributed by atoms with van der Waals surface area (Å²) in [6.45, 7) is 4.72. The van der Waals surface area contributed by atoms with Gasteiger partial charge in [-0.2, -0.15) is 8.78 Å². The maximum absolute atomic E-state index is 14.4. The van der Waals surface area contributed by atoms with E-state index in [1.165, 1.54) is 0 Å². The molecule has 8 heteroatoms. The number of hydrogen-bond donors (Lipinski definition) is 0. The van der Waals surface area contributed by atoms with E-state index in [0.29, 0.717) is 44.1 Å². The summed E-state index contributed by atoms with van der Waals surface area (Å²) >= 11 is 0. The Kier molecular flexibility index (Phi) is 7.85. The minimum Gasteiger partial charge on any atom is -0.433 e. The maximum atomic E-state index is 14.4. The van der Waals surface area contributed by atoms with Crippen molar-refractivity contribution in [2.45, 2.75) is 45.0 Å². The van der Waals surface area contributed by atoms with E-state index in [1.54, 1.807) is 0 Å². The molecule has 1 saturated heterocycles. The van der Waals surface area contributed by atoms with E-state index in [-0.39, 0.29) is 25.0 Å². The van der Waals surface area contributed by atoms with E-state index in [2.05, 4.69) is 11.3 Å². The molecule has 3 nitrogen and oxygen atoms in total. The number of allylic oxidation sites excluding steroid dienone is 4. The Balaban J connectivity index is 1.93. The summed E-state index contributed by atoms with van der Waals surface area (Å²) in [6.07, 6.45) is -1.79. The summed E-state index contributed by atoms with van der Waals surface area (Å²) in [7, 11) is 0. The third-order valence-electron chi connectivity index (χ3n) is 4.78. The minimum atomic E-state index is -3.64. The molecule has 1 heterocycles. The molecule has 154 valence electrons. The van der Waals surface area contributed by atoms with Gasteiger partial charge in [-0.1, -0.05) is 13.5 Å². The monoisotopic (exact) mass is 396 g/mol. The second-order valence-electron chi connectivity index (χ2n) is 7.07. The normalized spacial score (nSPS) is 30.9. The fourth-order valence-corrected chi connectivity index (χ4v) is 3.26. The zero-order valence-electron chi connectivity index (χ0n) is 15.2. The molecule has 1 aliphatic carbocycles. The summed E-state index contributed by atoms with van der Waals surface area (Å²) in [6, 6.07) is 0. The average Bonchev–Trinajstić information content (AvgIpc) is 2.62. The standard InChI is InChI=1S/C19H25F5O3/c1-12-10-25-18(26-11-12)14-3-5-15(6-4-14)19(23,24)27-16(7-8-20)9-17(22)13(2)21/h7,9,12,14-15,18H,2-6,8,10-11H2,1H3/b16-7+,17-9+. The summed E-state index contributed by atoms with van der Waals surface area (Å²) in [5, 5.41) is 0. The Bertz CT molecular complexity index is 560. The molecular weight excluding hydrogens is 371 g/mol. The molecule has 0 radical (unpaired) electrons. The van der Waals surface area contributed by atoms with Crippen LogP contribution in [0.5, 0.6) is 0 Å². The number of ether oxygens (including phenoxy) is 3. The van der Waals surface area contributed by atoms with Gasteiger partial charge in [-0.3, -0.25) is 0 Å². The van der Waals surface area contributed by atoms with E-state index in [9.17, 15) is 22.0 Å². The SMILES string of the molecule is C=C(F)/C(F)=C\C(=C/CF)OC(F)(F)C1CCC(C2OCC(C)CO2)CC1. The Morgan fingerprint density at radius 2 is 1.74 bits per heavy atom. The van der Waals surface area contributed by atoms with Gasteiger partial charge >= 0.3 is 6.11 Å². The van der Waals surface area contributed by atoms with E-state index in [4.69, 9.17) is 9.47 Å². The van der Waals surface area contributed by atoms with E-state index >= 15 is 0 Å². The zero-order chi connectivity index (χ0) is 20.0. The van der Waals surface area contributed by atoms with Crippen molar-refractivity contribution in [3.63, 3.8) is 0 Å². The summed E-state index contributed by atoms with van der Waals surface area (Å²) in [4.78, 5) is 0. The quantitative estimate of drug-likeness (QED) is 0.318. The Morgan fingerprint density at radius 1 is 1.15 bits per heavy atom. The lowest BCUT2D eigenvalue weighted by molar-refractivity contribution is -0.264. The lowest BCUT2D eigenvalue weighted by Crippen LogP contribution is -2.40. The molecule has 1 aliphatic heterocycles. The molecular formula is C19H25F5O3. The first kappa shape index (κ1) is 21.9. The lowest BCUT2D eigenvalue weighted by Gasteiger charge is -2.38. The highest BCUT2D eigenvalue weighted by molar-refractivity contribution is 5.25. The van der Waals surface area contributed by atoms with Gasteiger partial charge in [0, 0.05) is 17.9 Å². The molecule has 2 fully saturated rings. The van der Waals surface area contributed by atoms with E-state index in [1.807, 2.05) is 6.92 Å². The lowest BCUT2D eigenvalue weighted by atomic mass is 9.81. The van der Waals surface area contributed by atoms with Crippen LogP contribution >= 0.6 is 0 Å². The molecule has 27 heavy (non-hydrogen) atoms. The van der Waals surface area contributed by atoms with Crippen LogP contribution < -0.4 is 0 Å². The molecule has 0 bridgehead atoms. The van der Waals surface area contributed by atoms with Crippen molar-refractivity contribution in [2.75, 3.05) is 19.9 Å². The maximum Gasteiger partial charge on any atom is 0.400 e. The van der Waals surface area contributed by atoms with Crippen LogP contribution in [0.15, 0.2) is 36.1 Å². The molecule has 0 aromatic carbocycles. The highest BCUT2D eigenvalue weighted by atomic mass is 19.3. The first-order valence-electron chi connectivity index (χ1n) is 9.01. The van der Waals surface area contributed by atoms with Gasteiger partial charge in [-0.15, -0.1) is 0 Å². The van der Waals surface area contributed by atoms with Crippen LogP contribution in [0.1, 0.15) is 32.6 Å². The first-order valence-corrected chi connectivity index (χ1v) is 9.01. The van der Waals surface area contributed by atoms with Crippen molar-refractivity contribution in [1.29, 1.82) is 0 Å². The van der Waals surface area contributed by atoms with Gasteiger partial charge in [-0.25, -0.2) is 13.2 Å². The number of alkyl halides is 3. The Labute approximate surface area is 155 Å². The van der Waals surface area contributed by atoms with Gasteiger partial charge in [0.25, 0.3) is 0 Å². The van der Waals surface area contributed by atoms with Crippen LogP contribution in [0.25, 0.3) is 0 Å². The molecule has 2 aliphatic rings. The number of rotatable bonds is 7. The van der Waals surface area contributed by atoms with Crippen molar-refractivity contribution < 1.29 is 36.2 Å². The van der Waals surface area contributed by atoms with Crippen molar-refractivity contribution in [2.24, 2.45) is 17.8 Å². The number of hydrogen-bond acceptors (Lipinski definition) is 3. The van der Waals surface area contributed by atoms with Crippen molar-refractivity contribution in [3.8, 4) is 0 Å². The van der Waals surface area contributed by atoms with Crippen molar-refractivity contribution in [3.05, 3.63) is 36.1 Å². The molecule has 0 N–H and O–H groups in total. The first-order chi connectivity index (χ1) is 12.7. The van der Waals surface area contributed by atoms with Gasteiger partial charge in [-0.05, 0) is 31.8 Å². The molecule has 2 rings (SSSR count). The minimum absolute atomic E-state index is 0.0256. The third kappa shape index (κ3) is 6.31. The molecule has 0 atom stereocenters. The van der Waals surface area contributed by atoms with Crippen LogP contribution in [0.4, 0.5) is 22.0 Å². The predicted octanol–water partition coefficient (Wildman–Crippen LogP) is 5.60. The smallest absolute Gasteiger partial charge is 0.400 e. The Morgan fingerprint density at radius 3 is 2.26 bits per heavy atom. The van der Waals surface area contributed by atoms with Crippen LogP contribution in [0.3, 0.4) is 0 Å². The highest BCUT2D eigenvalue weighted by Crippen LogP contribution is 2.42. The fourth-order valence-electron chi connectivity index (χ4n) is 3.26. The summed E-state index contributed by atoms with van der Waals surface area (Å²) in [5.41, 5.74) is 0. The van der Waals surface area contributed by atoms with Crippen LogP contribution in [0.2, 0.25) is 0 Å². The van der Waals surface area contributed by atoms with Gasteiger partial charge < -0.3 is 14.2 Å². The Hall–Kier alpha value is -1.41. The average molecular weight is 396 g/mol. The molecule has 1 saturated carbocycles. The second kappa shape index (κ2) is 9.68. The molecule has 0 unspecified atom stereocenters. The topological polar surface area (TPSA) is 27.7 Å². The van der Waals surface area contributed by atoms with Crippen molar-refractivity contribution >= 4 is 0 Å². The molecule has 0 aromatic rings. The fraction of sp³-hybridized carbons (Fsp3) is 0.684. The third-order valence-corrected chi connectivity index (χ3v) is 4.78. The van der Waals surface area contributed by atoms with Crippen LogP contribution in [-0.2, 0) is 14.2 Å². The largest absolute Gasteiger partial charge is 0.433 e. The molecule has 0 aromatic heterocycles. The predicted molar refractivity (Wildman–Crippen MR) is 89.8 cm³/mol. The van der Waals surface area contributed by atoms with Crippen molar-refractivity contribution in [1.82, 2.24) is 0 Å². The summed E-state index contributed by atoms with van der Waals surface area (Å²) < 4.78 is 83.1. The second-order valence-corrected chi connectivity index (χ2v) is 7.07.